The average molecular weight is 752 g/mol. The van der Waals surface area contributed by atoms with Crippen molar-refractivity contribution in [2.24, 2.45) is 0 Å². The van der Waals surface area contributed by atoms with E-state index in [1.54, 1.807) is 0 Å². The second kappa shape index (κ2) is 12.5. The van der Waals surface area contributed by atoms with Gasteiger partial charge in [0.1, 0.15) is 0 Å². The Hall–Kier alpha value is -0.983. The van der Waals surface area contributed by atoms with Crippen molar-refractivity contribution >= 4 is 65.9 Å². The Kier molecular flexibility index (Phi) is 9.45. The minimum atomic E-state index is -2.68. The van der Waals surface area contributed by atoms with Crippen molar-refractivity contribution in [1.82, 2.24) is 0 Å². The summed E-state index contributed by atoms with van der Waals surface area (Å²) in [4.78, 5) is 14.6. The van der Waals surface area contributed by atoms with Crippen LogP contribution in [0.2, 0.25) is 29.6 Å². The zero-order valence-electron chi connectivity index (χ0n) is 24.2. The van der Waals surface area contributed by atoms with E-state index < -0.39 is 36.8 Å². The van der Waals surface area contributed by atoms with Crippen LogP contribution in [0.4, 0.5) is 0 Å². The van der Waals surface area contributed by atoms with Gasteiger partial charge in [-0.05, 0) is 0 Å². The van der Waals surface area contributed by atoms with Crippen LogP contribution >= 0.6 is 0 Å². The molecule has 7 nitrogen and oxygen atoms in total. The molecule has 2 bridgehead atoms. The fourth-order valence-electron chi connectivity index (χ4n) is 5.72. The van der Waals surface area contributed by atoms with Crippen molar-refractivity contribution in [3.05, 3.63) is 35.4 Å². The normalized spacial score (nSPS) is 19.2. The van der Waals surface area contributed by atoms with Crippen LogP contribution in [0.1, 0.15) is 24.0 Å². The van der Waals surface area contributed by atoms with Crippen LogP contribution < -0.4 is 16.6 Å². The zero-order chi connectivity index (χ0) is 27.6. The molecule has 1 aliphatic heterocycles. The molecule has 2 aliphatic rings. The molecule has 9 heteroatoms. The average Bonchev–Trinajstić information content (AvgIpc) is 3.27. The summed E-state index contributed by atoms with van der Waals surface area (Å²) in [6.07, 6.45) is 8.35. The van der Waals surface area contributed by atoms with E-state index >= 15 is 0 Å². The van der Waals surface area contributed by atoms with Gasteiger partial charge in [-0.2, -0.15) is 0 Å². The molecule has 3 aromatic rings. The van der Waals surface area contributed by atoms with Gasteiger partial charge in [-0.3, -0.25) is 0 Å². The van der Waals surface area contributed by atoms with Crippen LogP contribution in [0.25, 0.3) is 21.9 Å². The monoisotopic (exact) mass is 754 g/mol. The van der Waals surface area contributed by atoms with E-state index in [0.29, 0.717) is 13.2 Å². The fraction of sp³-hybridized carbons (Fsp3) is 0.533. The molecule has 0 fully saturated rings. The van der Waals surface area contributed by atoms with E-state index in [1.165, 1.54) is 36.5 Å². The van der Waals surface area contributed by atoms with Gasteiger partial charge in [-0.1, -0.05) is 0 Å². The van der Waals surface area contributed by atoms with Crippen LogP contribution in [0.5, 0.6) is 11.5 Å². The summed E-state index contributed by atoms with van der Waals surface area (Å²) in [6.45, 7) is 1.37. The Bertz CT molecular complexity index is 1350. The molecule has 0 saturated carbocycles. The summed E-state index contributed by atoms with van der Waals surface area (Å²) >= 11 is -5.27. The summed E-state index contributed by atoms with van der Waals surface area (Å²) < 4.78 is 45.0. The van der Waals surface area contributed by atoms with Gasteiger partial charge in [0.25, 0.3) is 0 Å². The van der Waals surface area contributed by atoms with Crippen LogP contribution in [0.15, 0.2) is 28.7 Å². The van der Waals surface area contributed by atoms with Crippen LogP contribution in [0, 0.1) is 0 Å². The Balaban J connectivity index is 1.74. The number of ether oxygens (including phenoxy) is 6. The van der Waals surface area contributed by atoms with Gasteiger partial charge in [0.2, 0.25) is 0 Å². The van der Waals surface area contributed by atoms with Crippen LogP contribution in [-0.4, -0.2) is 77.1 Å². The van der Waals surface area contributed by atoms with E-state index in [-0.39, 0.29) is 27.2 Å². The predicted octanol–water partition coefficient (Wildman–Crippen LogP) is 5.78. The van der Waals surface area contributed by atoms with Crippen molar-refractivity contribution < 1.29 is 32.8 Å². The molecule has 1 aromatic heterocycles. The molecular weight excluding hydrogens is 710 g/mol. The van der Waals surface area contributed by atoms with Gasteiger partial charge in [-0.25, -0.2) is 0 Å². The zero-order valence-corrected chi connectivity index (χ0v) is 29.9. The van der Waals surface area contributed by atoms with Crippen LogP contribution in [0.3, 0.4) is 0 Å². The third kappa shape index (κ3) is 6.43. The number of hydrogen-bond acceptors (Lipinski definition) is 7. The van der Waals surface area contributed by atoms with Gasteiger partial charge in [-0.15, -0.1) is 0 Å². The molecular formula is C30H42O7Sn2. The second-order valence-corrected chi connectivity index (χ2v) is 41.0. The SMILES string of the molecule is [CH3][Sn]([CH3])([CH3])[c]1ccc2c3oc4c([c]([Sn]([CH3])([CH3])[CH3])c5c(c42)CCCC5)OCOCOC/C=C\COCOCOc13. The van der Waals surface area contributed by atoms with Crippen molar-refractivity contribution in [3.8, 4) is 11.5 Å². The molecule has 5 rings (SSSR count). The molecule has 1 aliphatic carbocycles. The second-order valence-electron chi connectivity index (χ2n) is 12.4. The maximum atomic E-state index is 6.85. The maximum absolute atomic E-state index is 6.85. The topological polar surface area (TPSA) is 68.5 Å². The summed E-state index contributed by atoms with van der Waals surface area (Å²) in [5, 5.41) is 2.27. The molecule has 2 aromatic carbocycles. The molecule has 0 N–H and O–H groups in total. The van der Waals surface area contributed by atoms with E-state index in [0.717, 1.165) is 40.9 Å². The van der Waals surface area contributed by atoms with Gasteiger partial charge >= 0.3 is 241 Å². The van der Waals surface area contributed by atoms with Gasteiger partial charge in [0.05, 0.1) is 0 Å². The number of hydrogen-bond donors (Lipinski definition) is 0. The summed E-state index contributed by atoms with van der Waals surface area (Å²) in [5.74, 6) is 1.67. The number of benzene rings is 2. The molecule has 0 unspecified atom stereocenters. The number of aryl methyl sites for hydroxylation is 1. The molecule has 0 radical (unpaired) electrons. The summed E-state index contributed by atoms with van der Waals surface area (Å²) in [5.41, 5.74) is 4.54. The minimum absolute atomic E-state index is 0.0942. The molecule has 0 atom stereocenters. The number of furan rings is 1. The van der Waals surface area contributed by atoms with Gasteiger partial charge in [0.15, 0.2) is 0 Å². The van der Waals surface area contributed by atoms with Gasteiger partial charge < -0.3 is 0 Å². The standard InChI is InChI=1S/C24H24O7.6CH3.2Sn/c1-2-7-18-17(6-1)12-21-24-22(18)19-8-5-9-20(23(19)31-24)29-15-27-13-25-10-3-4-11-26-14-28-16-30-21;;;;;;;;/h3-5,8H,1-2,6-7,10-11,13-16H2;6*1H3;;/b4-3-;;;;;;;;. The molecule has 212 valence electrons. The first-order valence-corrected chi connectivity index (χ1v) is 33.9. The molecule has 0 spiro atoms. The first kappa shape index (κ1) is 29.5. The number of rotatable bonds is 2. The van der Waals surface area contributed by atoms with E-state index in [1.807, 2.05) is 12.2 Å². The Labute approximate surface area is 239 Å². The van der Waals surface area contributed by atoms with Crippen molar-refractivity contribution in [2.75, 3.05) is 40.4 Å². The Morgan fingerprint density at radius 1 is 0.615 bits per heavy atom. The third-order valence-corrected chi connectivity index (χ3v) is 18.9. The quantitative estimate of drug-likeness (QED) is 0.243. The van der Waals surface area contributed by atoms with E-state index in [4.69, 9.17) is 32.8 Å². The number of fused-ring (bicyclic) bond motifs is 3. The molecule has 39 heavy (non-hydrogen) atoms. The predicted molar refractivity (Wildman–Crippen MR) is 160 cm³/mol. The molecule has 0 amide bonds. The van der Waals surface area contributed by atoms with Crippen molar-refractivity contribution in [2.45, 2.75) is 55.3 Å². The van der Waals surface area contributed by atoms with E-state index in [2.05, 4.69) is 41.8 Å². The Morgan fingerprint density at radius 2 is 1.23 bits per heavy atom. The molecule has 0 saturated heterocycles. The third-order valence-electron chi connectivity index (χ3n) is 7.38. The first-order chi connectivity index (χ1) is 18.7. The summed E-state index contributed by atoms with van der Waals surface area (Å²) in [7, 11) is 0. The van der Waals surface area contributed by atoms with Crippen molar-refractivity contribution in [1.29, 1.82) is 0 Å². The fourth-order valence-corrected chi connectivity index (χ4v) is 15.7. The van der Waals surface area contributed by atoms with Crippen LogP contribution in [-0.2, 0) is 31.8 Å². The van der Waals surface area contributed by atoms with Gasteiger partial charge in [0, 0.05) is 0 Å². The summed E-state index contributed by atoms with van der Waals surface area (Å²) in [6, 6.07) is 4.51. The van der Waals surface area contributed by atoms with Crippen molar-refractivity contribution in [3.63, 3.8) is 0 Å². The first-order valence-electron chi connectivity index (χ1n) is 14.0. The molecule has 2 heterocycles. The Morgan fingerprint density at radius 3 is 1.85 bits per heavy atom. The van der Waals surface area contributed by atoms with E-state index in [9.17, 15) is 0 Å².